The summed E-state index contributed by atoms with van der Waals surface area (Å²) in [7, 11) is 0. The molecule has 0 amide bonds. The Labute approximate surface area is 114 Å². The molecular formula is C14H19Cl2N. The maximum absolute atomic E-state index is 6.32. The number of rotatable bonds is 3. The fourth-order valence-corrected chi connectivity index (χ4v) is 2.93. The zero-order chi connectivity index (χ0) is 12.4. The maximum Gasteiger partial charge on any atom is 0.0642 e. The van der Waals surface area contributed by atoms with Crippen LogP contribution in [-0.4, -0.2) is 13.1 Å². The van der Waals surface area contributed by atoms with Gasteiger partial charge < -0.3 is 4.90 Å². The van der Waals surface area contributed by atoms with Gasteiger partial charge in [0.05, 0.1) is 10.7 Å². The van der Waals surface area contributed by atoms with Crippen LogP contribution in [0.2, 0.25) is 5.02 Å². The van der Waals surface area contributed by atoms with Crippen LogP contribution in [0.25, 0.3) is 0 Å². The zero-order valence-corrected chi connectivity index (χ0v) is 11.9. The summed E-state index contributed by atoms with van der Waals surface area (Å²) in [5.41, 5.74) is 2.24. The Kier molecular flexibility index (Phi) is 4.22. The van der Waals surface area contributed by atoms with Crippen LogP contribution >= 0.6 is 23.2 Å². The SMILES string of the molecule is CC(C)C1CCN(c2ccc(CCl)cc2Cl)C1. The van der Waals surface area contributed by atoms with E-state index in [4.69, 9.17) is 23.2 Å². The van der Waals surface area contributed by atoms with Gasteiger partial charge in [0.1, 0.15) is 0 Å². The van der Waals surface area contributed by atoms with E-state index in [0.717, 1.165) is 41.2 Å². The fraction of sp³-hybridized carbons (Fsp3) is 0.571. The first-order chi connectivity index (χ1) is 8.11. The first-order valence-corrected chi connectivity index (χ1v) is 7.12. The van der Waals surface area contributed by atoms with Gasteiger partial charge in [0.15, 0.2) is 0 Å². The third kappa shape index (κ3) is 2.89. The van der Waals surface area contributed by atoms with Crippen molar-refractivity contribution in [1.82, 2.24) is 0 Å². The van der Waals surface area contributed by atoms with Crippen LogP contribution in [0.5, 0.6) is 0 Å². The van der Waals surface area contributed by atoms with Crippen LogP contribution in [0.4, 0.5) is 5.69 Å². The number of hydrogen-bond acceptors (Lipinski definition) is 1. The molecular weight excluding hydrogens is 253 g/mol. The summed E-state index contributed by atoms with van der Waals surface area (Å²) in [5.74, 6) is 2.06. The van der Waals surface area contributed by atoms with Gasteiger partial charge in [-0.25, -0.2) is 0 Å². The quantitative estimate of drug-likeness (QED) is 0.729. The third-order valence-corrected chi connectivity index (χ3v) is 4.29. The van der Waals surface area contributed by atoms with Gasteiger partial charge in [-0.3, -0.25) is 0 Å². The van der Waals surface area contributed by atoms with Gasteiger partial charge in [0.25, 0.3) is 0 Å². The molecule has 1 aromatic carbocycles. The molecule has 17 heavy (non-hydrogen) atoms. The molecule has 1 saturated heterocycles. The summed E-state index contributed by atoms with van der Waals surface area (Å²) in [6.07, 6.45) is 1.27. The second kappa shape index (κ2) is 5.49. The molecule has 2 rings (SSSR count). The minimum absolute atomic E-state index is 0.522. The van der Waals surface area contributed by atoms with Gasteiger partial charge >= 0.3 is 0 Å². The van der Waals surface area contributed by atoms with Crippen molar-refractivity contribution in [1.29, 1.82) is 0 Å². The lowest BCUT2D eigenvalue weighted by molar-refractivity contribution is 0.423. The molecule has 1 aromatic rings. The van der Waals surface area contributed by atoms with Crippen LogP contribution in [0.15, 0.2) is 18.2 Å². The van der Waals surface area contributed by atoms with Crippen molar-refractivity contribution in [3.8, 4) is 0 Å². The van der Waals surface area contributed by atoms with Gasteiger partial charge in [-0.15, -0.1) is 11.6 Å². The topological polar surface area (TPSA) is 3.24 Å². The zero-order valence-electron chi connectivity index (χ0n) is 10.4. The van der Waals surface area contributed by atoms with Crippen LogP contribution < -0.4 is 4.90 Å². The molecule has 0 aromatic heterocycles. The van der Waals surface area contributed by atoms with Gasteiger partial charge in [-0.2, -0.15) is 0 Å². The van der Waals surface area contributed by atoms with E-state index in [0.29, 0.717) is 5.88 Å². The van der Waals surface area contributed by atoms with Crippen molar-refractivity contribution in [2.24, 2.45) is 11.8 Å². The van der Waals surface area contributed by atoms with Crippen molar-refractivity contribution in [2.45, 2.75) is 26.1 Å². The number of halogens is 2. The molecule has 0 bridgehead atoms. The van der Waals surface area contributed by atoms with E-state index >= 15 is 0 Å². The second-order valence-corrected chi connectivity index (χ2v) is 5.83. The molecule has 0 spiro atoms. The first kappa shape index (κ1) is 13.0. The van der Waals surface area contributed by atoms with Gasteiger partial charge in [-0.05, 0) is 36.0 Å². The normalized spacial score (nSPS) is 20.3. The molecule has 3 heteroatoms. The summed E-state index contributed by atoms with van der Waals surface area (Å²) in [6, 6.07) is 6.15. The molecule has 1 heterocycles. The molecule has 1 atom stereocenters. The molecule has 1 aliphatic heterocycles. The summed E-state index contributed by atoms with van der Waals surface area (Å²) in [4.78, 5) is 2.39. The predicted molar refractivity (Wildman–Crippen MR) is 76.2 cm³/mol. The van der Waals surface area contributed by atoms with Crippen LogP contribution in [-0.2, 0) is 5.88 Å². The van der Waals surface area contributed by atoms with Crippen molar-refractivity contribution in [3.05, 3.63) is 28.8 Å². The highest BCUT2D eigenvalue weighted by Crippen LogP contribution is 2.33. The molecule has 94 valence electrons. The number of alkyl halides is 1. The summed E-state index contributed by atoms with van der Waals surface area (Å²) in [5, 5.41) is 0.826. The minimum Gasteiger partial charge on any atom is -0.370 e. The van der Waals surface area contributed by atoms with E-state index in [-0.39, 0.29) is 0 Å². The highest BCUT2D eigenvalue weighted by Gasteiger charge is 2.25. The van der Waals surface area contributed by atoms with E-state index in [1.165, 1.54) is 6.42 Å². The fourth-order valence-electron chi connectivity index (χ4n) is 2.44. The lowest BCUT2D eigenvalue weighted by Crippen LogP contribution is -2.21. The minimum atomic E-state index is 0.522. The Morgan fingerprint density at radius 3 is 2.71 bits per heavy atom. The Balaban J connectivity index is 2.13. The second-order valence-electron chi connectivity index (χ2n) is 5.16. The number of hydrogen-bond donors (Lipinski definition) is 0. The first-order valence-electron chi connectivity index (χ1n) is 6.21. The largest absolute Gasteiger partial charge is 0.370 e. The third-order valence-electron chi connectivity index (χ3n) is 3.67. The molecule has 0 N–H and O–H groups in total. The van der Waals surface area contributed by atoms with Crippen molar-refractivity contribution in [2.75, 3.05) is 18.0 Å². The highest BCUT2D eigenvalue weighted by molar-refractivity contribution is 6.33. The van der Waals surface area contributed by atoms with Crippen molar-refractivity contribution >= 4 is 28.9 Å². The molecule has 0 radical (unpaired) electrons. The highest BCUT2D eigenvalue weighted by atomic mass is 35.5. The predicted octanol–water partition coefficient (Wildman–Crippen LogP) is 4.56. The van der Waals surface area contributed by atoms with Gasteiger partial charge in [-0.1, -0.05) is 31.5 Å². The van der Waals surface area contributed by atoms with E-state index in [1.54, 1.807) is 0 Å². The lowest BCUT2D eigenvalue weighted by atomic mass is 9.95. The molecule has 1 fully saturated rings. The van der Waals surface area contributed by atoms with Crippen LogP contribution in [0.3, 0.4) is 0 Å². The summed E-state index contributed by atoms with van der Waals surface area (Å²) >= 11 is 12.1. The maximum atomic E-state index is 6.32. The molecule has 0 aliphatic carbocycles. The van der Waals surface area contributed by atoms with Crippen molar-refractivity contribution in [3.63, 3.8) is 0 Å². The smallest absolute Gasteiger partial charge is 0.0642 e. The van der Waals surface area contributed by atoms with Crippen molar-refractivity contribution < 1.29 is 0 Å². The summed E-state index contributed by atoms with van der Waals surface area (Å²) < 4.78 is 0. The standard InChI is InChI=1S/C14H19Cl2N/c1-10(2)12-5-6-17(9-12)14-4-3-11(8-15)7-13(14)16/h3-4,7,10,12H,5-6,8-9H2,1-2H3. The van der Waals surface area contributed by atoms with E-state index in [9.17, 15) is 0 Å². The van der Waals surface area contributed by atoms with E-state index < -0.39 is 0 Å². The lowest BCUT2D eigenvalue weighted by Gasteiger charge is -2.21. The molecule has 1 unspecified atom stereocenters. The Hall–Kier alpha value is -0.400. The van der Waals surface area contributed by atoms with E-state index in [2.05, 4.69) is 30.9 Å². The molecule has 0 saturated carbocycles. The number of benzene rings is 1. The average molecular weight is 272 g/mol. The number of anilines is 1. The Morgan fingerprint density at radius 2 is 2.18 bits per heavy atom. The molecule has 1 aliphatic rings. The summed E-state index contributed by atoms with van der Waals surface area (Å²) in [6.45, 7) is 6.83. The Morgan fingerprint density at radius 1 is 1.41 bits per heavy atom. The van der Waals surface area contributed by atoms with E-state index in [1.807, 2.05) is 6.07 Å². The van der Waals surface area contributed by atoms with Gasteiger partial charge in [0.2, 0.25) is 0 Å². The van der Waals surface area contributed by atoms with Crippen LogP contribution in [0, 0.1) is 11.8 Å². The monoisotopic (exact) mass is 271 g/mol. The Bertz CT molecular complexity index is 390. The average Bonchev–Trinajstić information content (AvgIpc) is 2.78. The molecule has 1 nitrogen and oxygen atoms in total. The van der Waals surface area contributed by atoms with Crippen LogP contribution in [0.1, 0.15) is 25.8 Å². The number of nitrogens with zero attached hydrogens (tertiary/aromatic N) is 1. The van der Waals surface area contributed by atoms with Gasteiger partial charge in [0, 0.05) is 19.0 Å².